The Balaban J connectivity index is 0.000000960. The summed E-state index contributed by atoms with van der Waals surface area (Å²) in [6, 6.07) is 3.89. The third-order valence-corrected chi connectivity index (χ3v) is 5.76. The molecule has 0 saturated carbocycles. The largest absolute Gasteiger partial charge is 0.462 e. The average molecular weight is 376 g/mol. The summed E-state index contributed by atoms with van der Waals surface area (Å²) in [5, 5.41) is 6.64. The van der Waals surface area contributed by atoms with Crippen molar-refractivity contribution in [3.8, 4) is 10.8 Å². The molecule has 4 heterocycles. The molecule has 0 aliphatic carbocycles. The van der Waals surface area contributed by atoms with E-state index >= 15 is 0 Å². The number of halogens is 2. The number of hydrogen-bond donors (Lipinski definition) is 1. The minimum absolute atomic E-state index is 0. The van der Waals surface area contributed by atoms with Crippen LogP contribution in [0.3, 0.4) is 0 Å². The van der Waals surface area contributed by atoms with E-state index in [1.54, 1.807) is 17.6 Å². The molecule has 2 saturated heterocycles. The number of furan rings is 1. The van der Waals surface area contributed by atoms with Crippen molar-refractivity contribution in [3.63, 3.8) is 0 Å². The smallest absolute Gasteiger partial charge is 0.162 e. The number of thiazole rings is 1. The minimum Gasteiger partial charge on any atom is -0.462 e. The predicted octanol–water partition coefficient (Wildman–Crippen LogP) is 3.82. The molecule has 0 unspecified atom stereocenters. The number of hydrogen-bond acceptors (Lipinski definition) is 5. The minimum atomic E-state index is 0. The van der Waals surface area contributed by atoms with Crippen LogP contribution in [0, 0.1) is 5.41 Å². The van der Waals surface area contributed by atoms with Crippen molar-refractivity contribution in [2.75, 3.05) is 26.2 Å². The van der Waals surface area contributed by atoms with E-state index in [1.165, 1.54) is 51.1 Å². The molecular weight excluding hydrogens is 353 g/mol. The van der Waals surface area contributed by atoms with E-state index < -0.39 is 0 Å². The molecule has 2 fully saturated rings. The summed E-state index contributed by atoms with van der Waals surface area (Å²) in [6.45, 7) is 5.81. The summed E-state index contributed by atoms with van der Waals surface area (Å²) < 4.78 is 5.42. The summed E-state index contributed by atoms with van der Waals surface area (Å²) in [7, 11) is 0. The van der Waals surface area contributed by atoms with Crippen LogP contribution in [0.25, 0.3) is 10.8 Å². The molecule has 0 bridgehead atoms. The van der Waals surface area contributed by atoms with E-state index in [0.29, 0.717) is 5.41 Å². The third kappa shape index (κ3) is 4.09. The Hall–Kier alpha value is -0.590. The van der Waals surface area contributed by atoms with Gasteiger partial charge in [0.1, 0.15) is 0 Å². The van der Waals surface area contributed by atoms with Crippen molar-refractivity contribution >= 4 is 36.2 Å². The maximum atomic E-state index is 5.42. The molecular formula is C16H23Cl2N3OS. The van der Waals surface area contributed by atoms with Gasteiger partial charge < -0.3 is 9.73 Å². The lowest BCUT2D eigenvalue weighted by molar-refractivity contribution is 0.193. The molecule has 1 N–H and O–H groups in total. The molecule has 4 rings (SSSR count). The molecule has 2 aliphatic rings. The standard InChI is InChI=1S/C16H21N3OS.2ClH/c1-2-14(20-9-1)15-18-13(11-21-15)10-19-8-5-16(12-19)3-6-17-7-4-16;;/h1-2,9,11,17H,3-8,10,12H2;2*1H. The van der Waals surface area contributed by atoms with Gasteiger partial charge >= 0.3 is 0 Å². The van der Waals surface area contributed by atoms with E-state index in [1.807, 2.05) is 12.1 Å². The fourth-order valence-corrected chi connectivity index (χ4v) is 4.43. The first-order chi connectivity index (χ1) is 10.3. The highest BCUT2D eigenvalue weighted by atomic mass is 35.5. The van der Waals surface area contributed by atoms with Gasteiger partial charge in [0, 0.05) is 18.5 Å². The van der Waals surface area contributed by atoms with Crippen LogP contribution in [-0.2, 0) is 6.54 Å². The van der Waals surface area contributed by atoms with Crippen LogP contribution in [-0.4, -0.2) is 36.1 Å². The van der Waals surface area contributed by atoms with Crippen molar-refractivity contribution in [3.05, 3.63) is 29.5 Å². The van der Waals surface area contributed by atoms with Crippen molar-refractivity contribution in [2.45, 2.75) is 25.8 Å². The van der Waals surface area contributed by atoms with Crippen LogP contribution in [0.5, 0.6) is 0 Å². The third-order valence-electron chi connectivity index (χ3n) is 4.85. The van der Waals surface area contributed by atoms with Gasteiger partial charge in [0.25, 0.3) is 0 Å². The van der Waals surface area contributed by atoms with Gasteiger partial charge in [0.05, 0.1) is 12.0 Å². The Morgan fingerprint density at radius 2 is 2.09 bits per heavy atom. The van der Waals surface area contributed by atoms with Crippen LogP contribution < -0.4 is 5.32 Å². The van der Waals surface area contributed by atoms with Crippen molar-refractivity contribution in [1.29, 1.82) is 0 Å². The summed E-state index contributed by atoms with van der Waals surface area (Å²) in [5.74, 6) is 0.877. The van der Waals surface area contributed by atoms with Crippen molar-refractivity contribution in [2.24, 2.45) is 5.41 Å². The van der Waals surface area contributed by atoms with Gasteiger partial charge in [-0.2, -0.15) is 0 Å². The fourth-order valence-electron chi connectivity index (χ4n) is 3.65. The van der Waals surface area contributed by atoms with Crippen LogP contribution in [0.15, 0.2) is 28.2 Å². The summed E-state index contributed by atoms with van der Waals surface area (Å²) in [4.78, 5) is 7.30. The Labute approximate surface area is 153 Å². The number of likely N-dealkylation sites (tertiary alicyclic amines) is 1. The molecule has 7 heteroatoms. The second-order valence-corrected chi connectivity index (χ2v) is 7.19. The maximum absolute atomic E-state index is 5.42. The number of nitrogens with one attached hydrogen (secondary N) is 1. The molecule has 2 aromatic heterocycles. The van der Waals surface area contributed by atoms with E-state index in [-0.39, 0.29) is 24.8 Å². The fraction of sp³-hybridized carbons (Fsp3) is 0.562. The van der Waals surface area contributed by atoms with E-state index in [4.69, 9.17) is 9.40 Å². The van der Waals surface area contributed by atoms with E-state index in [2.05, 4.69) is 15.6 Å². The first-order valence-corrected chi connectivity index (χ1v) is 8.62. The molecule has 1 spiro atoms. The van der Waals surface area contributed by atoms with E-state index in [0.717, 1.165) is 17.3 Å². The maximum Gasteiger partial charge on any atom is 0.162 e. The van der Waals surface area contributed by atoms with Crippen molar-refractivity contribution < 1.29 is 4.42 Å². The normalized spacial score (nSPS) is 20.2. The number of nitrogens with zero attached hydrogens (tertiary/aromatic N) is 2. The van der Waals surface area contributed by atoms with Crippen LogP contribution in [0.2, 0.25) is 0 Å². The molecule has 0 radical (unpaired) electrons. The van der Waals surface area contributed by atoms with E-state index in [9.17, 15) is 0 Å². The van der Waals surface area contributed by atoms with Gasteiger partial charge in [-0.3, -0.25) is 4.90 Å². The molecule has 2 aromatic rings. The molecule has 23 heavy (non-hydrogen) atoms. The van der Waals surface area contributed by atoms with Gasteiger partial charge in [-0.25, -0.2) is 4.98 Å². The number of piperidine rings is 1. The highest BCUT2D eigenvalue weighted by Crippen LogP contribution is 2.39. The molecule has 0 amide bonds. The lowest BCUT2D eigenvalue weighted by Crippen LogP contribution is -2.38. The number of rotatable bonds is 3. The Morgan fingerprint density at radius 3 is 2.83 bits per heavy atom. The summed E-state index contributed by atoms with van der Waals surface area (Å²) in [5.41, 5.74) is 1.75. The first kappa shape index (κ1) is 18.7. The van der Waals surface area contributed by atoms with Crippen LogP contribution in [0.1, 0.15) is 25.0 Å². The Morgan fingerprint density at radius 1 is 1.26 bits per heavy atom. The van der Waals surface area contributed by atoms with Gasteiger partial charge in [-0.1, -0.05) is 0 Å². The van der Waals surface area contributed by atoms with Crippen LogP contribution in [0.4, 0.5) is 0 Å². The zero-order valence-electron chi connectivity index (χ0n) is 13.0. The monoisotopic (exact) mass is 375 g/mol. The Kier molecular flexibility index (Phi) is 6.51. The zero-order valence-corrected chi connectivity index (χ0v) is 15.4. The molecule has 0 aromatic carbocycles. The summed E-state index contributed by atoms with van der Waals surface area (Å²) >= 11 is 1.68. The quantitative estimate of drug-likeness (QED) is 0.884. The molecule has 4 nitrogen and oxygen atoms in total. The average Bonchev–Trinajstić information content (AvgIpc) is 3.22. The van der Waals surface area contributed by atoms with Crippen LogP contribution >= 0.6 is 36.2 Å². The van der Waals surface area contributed by atoms with Gasteiger partial charge in [-0.15, -0.1) is 36.2 Å². The second-order valence-electron chi connectivity index (χ2n) is 6.33. The molecule has 0 atom stereocenters. The lowest BCUT2D eigenvalue weighted by Gasteiger charge is -2.33. The molecule has 128 valence electrons. The second kappa shape index (κ2) is 7.99. The Bertz CT molecular complexity index is 596. The first-order valence-electron chi connectivity index (χ1n) is 7.74. The lowest BCUT2D eigenvalue weighted by atomic mass is 9.78. The van der Waals surface area contributed by atoms with Gasteiger partial charge in [0.2, 0.25) is 0 Å². The molecule has 2 aliphatic heterocycles. The summed E-state index contributed by atoms with van der Waals surface area (Å²) in [6.07, 6.45) is 5.72. The highest BCUT2D eigenvalue weighted by Gasteiger charge is 2.38. The highest BCUT2D eigenvalue weighted by molar-refractivity contribution is 7.13. The zero-order chi connectivity index (χ0) is 14.1. The van der Waals surface area contributed by atoms with Gasteiger partial charge in [-0.05, 0) is 56.4 Å². The SMILES string of the molecule is Cl.Cl.c1coc(-c2nc(CN3CCC4(CCNCC4)C3)cs2)c1. The van der Waals surface area contributed by atoms with Crippen molar-refractivity contribution in [1.82, 2.24) is 15.2 Å². The van der Waals surface area contributed by atoms with Gasteiger partial charge in [0.15, 0.2) is 10.8 Å². The number of aromatic nitrogens is 1. The predicted molar refractivity (Wildman–Crippen MR) is 98.7 cm³/mol. The topological polar surface area (TPSA) is 41.3 Å².